The first-order valence-corrected chi connectivity index (χ1v) is 3.32. The Morgan fingerprint density at radius 1 is 1.56 bits per heavy atom. The van der Waals surface area contributed by atoms with E-state index in [2.05, 4.69) is 0 Å². The van der Waals surface area contributed by atoms with Crippen LogP contribution in [0.5, 0.6) is 0 Å². The van der Waals surface area contributed by atoms with Crippen molar-refractivity contribution in [2.45, 2.75) is 38.7 Å². The molecule has 0 aromatic heterocycles. The average Bonchev–Trinajstić information content (AvgIpc) is 1.89. The highest BCUT2D eigenvalue weighted by atomic mass is 16.3. The van der Waals surface area contributed by atoms with Crippen LogP contribution >= 0.6 is 0 Å². The molecule has 0 aliphatic heterocycles. The third kappa shape index (κ3) is 2.48. The summed E-state index contributed by atoms with van der Waals surface area (Å²) in [5.41, 5.74) is -1.06. The van der Waals surface area contributed by atoms with Gasteiger partial charge in [0.15, 0.2) is 5.60 Å². The molecule has 1 atom stereocenters. The molecule has 0 saturated carbocycles. The second-order valence-electron chi connectivity index (χ2n) is 2.25. The maximum absolute atomic E-state index is 9.27. The molecule has 0 bridgehead atoms. The van der Waals surface area contributed by atoms with E-state index in [1.807, 2.05) is 19.9 Å². The minimum absolute atomic E-state index is 0.525. The summed E-state index contributed by atoms with van der Waals surface area (Å²) in [6.45, 7) is 3.77. The van der Waals surface area contributed by atoms with E-state index >= 15 is 0 Å². The molecule has 0 unspecified atom stereocenters. The molecule has 0 rings (SSSR count). The first-order valence-electron chi connectivity index (χ1n) is 3.32. The smallest absolute Gasteiger partial charge is 0.150 e. The number of nitrogens with zero attached hydrogens (tertiary/aromatic N) is 1. The molecule has 0 spiro atoms. The van der Waals surface area contributed by atoms with E-state index in [4.69, 9.17) is 5.26 Å². The van der Waals surface area contributed by atoms with Crippen molar-refractivity contribution >= 4 is 0 Å². The summed E-state index contributed by atoms with van der Waals surface area (Å²) in [6, 6.07) is 1.88. The van der Waals surface area contributed by atoms with Crippen molar-refractivity contribution in [2.24, 2.45) is 0 Å². The quantitative estimate of drug-likeness (QED) is 0.583. The van der Waals surface area contributed by atoms with Gasteiger partial charge in [-0.3, -0.25) is 0 Å². The number of hydrogen-bond acceptors (Lipinski definition) is 2. The SMILES string of the molecule is CCC[C@@](O)(C#N)CC. The van der Waals surface area contributed by atoms with Gasteiger partial charge in [-0.05, 0) is 12.8 Å². The second kappa shape index (κ2) is 3.47. The van der Waals surface area contributed by atoms with Gasteiger partial charge >= 0.3 is 0 Å². The lowest BCUT2D eigenvalue weighted by atomic mass is 9.97. The van der Waals surface area contributed by atoms with E-state index in [-0.39, 0.29) is 0 Å². The van der Waals surface area contributed by atoms with Crippen LogP contribution in [0, 0.1) is 11.3 Å². The molecule has 0 aliphatic rings. The van der Waals surface area contributed by atoms with Crippen LogP contribution in [0.25, 0.3) is 0 Å². The predicted molar refractivity (Wildman–Crippen MR) is 35.8 cm³/mol. The van der Waals surface area contributed by atoms with Gasteiger partial charge in [0.2, 0.25) is 0 Å². The minimum Gasteiger partial charge on any atom is -0.375 e. The van der Waals surface area contributed by atoms with Crippen molar-refractivity contribution in [2.75, 3.05) is 0 Å². The van der Waals surface area contributed by atoms with E-state index < -0.39 is 5.60 Å². The minimum atomic E-state index is -1.06. The van der Waals surface area contributed by atoms with Gasteiger partial charge in [0.1, 0.15) is 0 Å². The first-order chi connectivity index (χ1) is 4.18. The number of rotatable bonds is 3. The third-order valence-electron chi connectivity index (χ3n) is 1.46. The molecule has 0 saturated heterocycles. The summed E-state index contributed by atoms with van der Waals surface area (Å²) < 4.78 is 0. The fourth-order valence-electron chi connectivity index (χ4n) is 0.725. The summed E-state index contributed by atoms with van der Waals surface area (Å²) in [6.07, 6.45) is 1.97. The van der Waals surface area contributed by atoms with E-state index in [9.17, 15) is 5.11 Å². The topological polar surface area (TPSA) is 44.0 Å². The summed E-state index contributed by atoms with van der Waals surface area (Å²) >= 11 is 0. The van der Waals surface area contributed by atoms with E-state index in [0.29, 0.717) is 12.8 Å². The van der Waals surface area contributed by atoms with Crippen molar-refractivity contribution in [3.63, 3.8) is 0 Å². The van der Waals surface area contributed by atoms with Crippen LogP contribution in [0.3, 0.4) is 0 Å². The van der Waals surface area contributed by atoms with Crippen molar-refractivity contribution in [3.05, 3.63) is 0 Å². The van der Waals surface area contributed by atoms with Gasteiger partial charge in [-0.15, -0.1) is 0 Å². The van der Waals surface area contributed by atoms with E-state index in [1.165, 1.54) is 0 Å². The average molecular weight is 127 g/mol. The molecule has 2 heteroatoms. The maximum Gasteiger partial charge on any atom is 0.150 e. The highest BCUT2D eigenvalue weighted by Crippen LogP contribution is 2.14. The summed E-state index contributed by atoms with van der Waals surface area (Å²) in [5.74, 6) is 0. The predicted octanol–water partition coefficient (Wildman–Crippen LogP) is 1.45. The molecule has 0 aliphatic carbocycles. The largest absolute Gasteiger partial charge is 0.375 e. The Balaban J connectivity index is 3.81. The zero-order valence-electron chi connectivity index (χ0n) is 6.02. The van der Waals surface area contributed by atoms with E-state index in [0.717, 1.165) is 6.42 Å². The highest BCUT2D eigenvalue weighted by Gasteiger charge is 2.21. The van der Waals surface area contributed by atoms with Crippen molar-refractivity contribution in [1.29, 1.82) is 5.26 Å². The van der Waals surface area contributed by atoms with Crippen LogP contribution in [0.4, 0.5) is 0 Å². The Morgan fingerprint density at radius 2 is 2.11 bits per heavy atom. The molecule has 0 radical (unpaired) electrons. The lowest BCUT2D eigenvalue weighted by Crippen LogP contribution is -2.24. The lowest BCUT2D eigenvalue weighted by Gasteiger charge is -2.15. The lowest BCUT2D eigenvalue weighted by molar-refractivity contribution is 0.0846. The Kier molecular flexibility index (Phi) is 3.26. The molecular formula is C7H13NO. The second-order valence-corrected chi connectivity index (χ2v) is 2.25. The summed E-state index contributed by atoms with van der Waals surface area (Å²) in [5, 5.41) is 17.7. The monoisotopic (exact) mass is 127 g/mol. The van der Waals surface area contributed by atoms with E-state index in [1.54, 1.807) is 0 Å². The van der Waals surface area contributed by atoms with Gasteiger partial charge in [0.05, 0.1) is 6.07 Å². The Morgan fingerprint density at radius 3 is 2.22 bits per heavy atom. The van der Waals surface area contributed by atoms with Crippen LogP contribution in [0.15, 0.2) is 0 Å². The molecule has 0 fully saturated rings. The van der Waals surface area contributed by atoms with Crippen molar-refractivity contribution in [3.8, 4) is 6.07 Å². The molecular weight excluding hydrogens is 114 g/mol. The van der Waals surface area contributed by atoms with Gasteiger partial charge in [0, 0.05) is 0 Å². The molecule has 52 valence electrons. The summed E-state index contributed by atoms with van der Waals surface area (Å²) in [7, 11) is 0. The molecule has 0 aromatic rings. The van der Waals surface area contributed by atoms with Crippen molar-refractivity contribution < 1.29 is 5.11 Å². The Hall–Kier alpha value is -0.550. The molecule has 1 N–H and O–H groups in total. The fourth-order valence-corrected chi connectivity index (χ4v) is 0.725. The van der Waals surface area contributed by atoms with Crippen LogP contribution in [-0.4, -0.2) is 10.7 Å². The van der Waals surface area contributed by atoms with Crippen molar-refractivity contribution in [1.82, 2.24) is 0 Å². The molecule has 2 nitrogen and oxygen atoms in total. The standard InChI is InChI=1S/C7H13NO/c1-3-5-7(9,4-2)6-8/h9H,3-5H2,1-2H3/t7-/m1/s1. The molecule has 9 heavy (non-hydrogen) atoms. The number of aliphatic hydroxyl groups is 1. The van der Waals surface area contributed by atoms with Gasteiger partial charge in [-0.25, -0.2) is 0 Å². The normalized spacial score (nSPS) is 16.2. The van der Waals surface area contributed by atoms with Gasteiger partial charge in [-0.1, -0.05) is 20.3 Å². The Bertz CT molecular complexity index is 117. The van der Waals surface area contributed by atoms with Gasteiger partial charge < -0.3 is 5.11 Å². The third-order valence-corrected chi connectivity index (χ3v) is 1.46. The van der Waals surface area contributed by atoms with Crippen LogP contribution < -0.4 is 0 Å². The zero-order valence-corrected chi connectivity index (χ0v) is 6.02. The zero-order chi connectivity index (χ0) is 7.33. The molecule has 0 heterocycles. The van der Waals surface area contributed by atoms with Gasteiger partial charge in [-0.2, -0.15) is 5.26 Å². The number of nitriles is 1. The Labute approximate surface area is 56.1 Å². The van der Waals surface area contributed by atoms with Crippen LogP contribution in [0.1, 0.15) is 33.1 Å². The summed E-state index contributed by atoms with van der Waals surface area (Å²) in [4.78, 5) is 0. The van der Waals surface area contributed by atoms with Gasteiger partial charge in [0.25, 0.3) is 0 Å². The highest BCUT2D eigenvalue weighted by molar-refractivity contribution is 4.98. The fraction of sp³-hybridized carbons (Fsp3) is 0.857. The molecule has 0 aromatic carbocycles. The molecule has 0 amide bonds. The maximum atomic E-state index is 9.27. The van der Waals surface area contributed by atoms with Crippen LogP contribution in [0.2, 0.25) is 0 Å². The first kappa shape index (κ1) is 8.45. The number of hydrogen-bond donors (Lipinski definition) is 1. The van der Waals surface area contributed by atoms with Crippen LogP contribution in [-0.2, 0) is 0 Å².